The van der Waals surface area contributed by atoms with Crippen LogP contribution in [0.3, 0.4) is 0 Å². The van der Waals surface area contributed by atoms with E-state index in [9.17, 15) is 14.0 Å². The van der Waals surface area contributed by atoms with E-state index in [-0.39, 0.29) is 11.6 Å². The normalized spacial score (nSPS) is 20.5. The van der Waals surface area contributed by atoms with Gasteiger partial charge in [0, 0.05) is 11.1 Å². The molecule has 0 amide bonds. The van der Waals surface area contributed by atoms with Crippen molar-refractivity contribution >= 4 is 5.57 Å². The number of rotatable bonds is 2. The van der Waals surface area contributed by atoms with Gasteiger partial charge in [0.2, 0.25) is 0 Å². The van der Waals surface area contributed by atoms with Crippen LogP contribution in [0.1, 0.15) is 24.5 Å². The van der Waals surface area contributed by atoms with Crippen molar-refractivity contribution in [3.05, 3.63) is 88.6 Å². The van der Waals surface area contributed by atoms with Gasteiger partial charge >= 0.3 is 0 Å². The van der Waals surface area contributed by atoms with Gasteiger partial charge in [0.1, 0.15) is 11.6 Å². The molecule has 0 fully saturated rings. The van der Waals surface area contributed by atoms with Crippen LogP contribution < -0.4 is 5.73 Å². The smallest absolute Gasteiger partial charge is 0.123 e. The number of nitrogens with two attached hydrogens (primary N) is 1. The number of halogens is 2. The highest BCUT2D eigenvalue weighted by molar-refractivity contribution is 5.74. The van der Waals surface area contributed by atoms with E-state index in [2.05, 4.69) is 6.07 Å². The molecule has 2 N–H and O–H groups in total. The summed E-state index contributed by atoms with van der Waals surface area (Å²) in [6.45, 7) is 1.92. The zero-order valence-corrected chi connectivity index (χ0v) is 13.2. The van der Waals surface area contributed by atoms with Crippen molar-refractivity contribution in [1.29, 1.82) is 5.26 Å². The van der Waals surface area contributed by atoms with E-state index in [1.54, 1.807) is 30.3 Å². The summed E-state index contributed by atoms with van der Waals surface area (Å²) in [5.41, 5.74) is 8.89. The molecule has 0 aromatic heterocycles. The Balaban J connectivity index is 2.11. The summed E-state index contributed by atoms with van der Waals surface area (Å²) in [6.07, 6.45) is 2.28. The highest BCUT2D eigenvalue weighted by atomic mass is 19.1. The van der Waals surface area contributed by atoms with Crippen molar-refractivity contribution in [3.8, 4) is 6.07 Å². The molecule has 3 rings (SSSR count). The Morgan fingerprint density at radius 1 is 1.00 bits per heavy atom. The van der Waals surface area contributed by atoms with E-state index in [1.807, 2.05) is 6.92 Å². The maximum Gasteiger partial charge on any atom is 0.123 e. The molecule has 1 aliphatic rings. The molecule has 0 radical (unpaired) electrons. The van der Waals surface area contributed by atoms with Crippen molar-refractivity contribution in [2.75, 3.05) is 0 Å². The fourth-order valence-corrected chi connectivity index (χ4v) is 3.20. The predicted octanol–water partition coefficient (Wildman–Crippen LogP) is 4.45. The lowest BCUT2D eigenvalue weighted by molar-refractivity contribution is 0.572. The van der Waals surface area contributed by atoms with Crippen LogP contribution in [0.15, 0.2) is 65.9 Å². The monoisotopic (exact) mass is 322 g/mol. The Hall–Kier alpha value is -2.93. The van der Waals surface area contributed by atoms with E-state index in [4.69, 9.17) is 5.73 Å². The Morgan fingerprint density at radius 3 is 2.08 bits per heavy atom. The van der Waals surface area contributed by atoms with Gasteiger partial charge in [-0.05, 0) is 53.5 Å². The lowest BCUT2D eigenvalue weighted by Gasteiger charge is -2.35. The lowest BCUT2D eigenvalue weighted by atomic mass is 9.68. The molecule has 0 saturated heterocycles. The summed E-state index contributed by atoms with van der Waals surface area (Å²) in [4.78, 5) is 0. The molecule has 4 heteroatoms. The van der Waals surface area contributed by atoms with Gasteiger partial charge in [-0.1, -0.05) is 31.2 Å². The summed E-state index contributed by atoms with van der Waals surface area (Å²) in [5, 5.41) is 9.57. The molecule has 2 aromatic carbocycles. The van der Waals surface area contributed by atoms with Crippen molar-refractivity contribution in [1.82, 2.24) is 0 Å². The first-order valence-electron chi connectivity index (χ1n) is 7.57. The first-order valence-corrected chi connectivity index (χ1v) is 7.57. The second-order valence-electron chi connectivity index (χ2n) is 6.13. The third-order valence-corrected chi connectivity index (χ3v) is 4.52. The maximum absolute atomic E-state index is 13.3. The van der Waals surface area contributed by atoms with Crippen LogP contribution >= 0.6 is 0 Å². The standard InChI is InChI=1S/C20H16F2N2/c1-20(15-4-8-17(22)9-5-15)11-14(10-19(24)18(20)12-23)13-2-6-16(21)7-3-13/h2-10H,11,24H2,1H3. The molecule has 0 aliphatic heterocycles. The topological polar surface area (TPSA) is 49.8 Å². The summed E-state index contributed by atoms with van der Waals surface area (Å²) in [7, 11) is 0. The van der Waals surface area contributed by atoms with Gasteiger partial charge in [-0.25, -0.2) is 8.78 Å². The van der Waals surface area contributed by atoms with Crippen LogP contribution in [0.2, 0.25) is 0 Å². The van der Waals surface area contributed by atoms with E-state index in [1.165, 1.54) is 24.3 Å². The zero-order chi connectivity index (χ0) is 17.3. The lowest BCUT2D eigenvalue weighted by Crippen LogP contribution is -2.30. The van der Waals surface area contributed by atoms with Crippen LogP contribution in [0.5, 0.6) is 0 Å². The molecule has 0 bridgehead atoms. The molecule has 1 atom stereocenters. The molecule has 2 aromatic rings. The van der Waals surface area contributed by atoms with Gasteiger partial charge < -0.3 is 5.73 Å². The highest BCUT2D eigenvalue weighted by Crippen LogP contribution is 2.44. The summed E-state index contributed by atoms with van der Waals surface area (Å²) in [6, 6.07) is 14.5. The first kappa shape index (κ1) is 15.9. The molecular weight excluding hydrogens is 306 g/mol. The Bertz CT molecular complexity index is 871. The average Bonchev–Trinajstić information content (AvgIpc) is 2.55. The van der Waals surface area contributed by atoms with E-state index in [0.29, 0.717) is 17.7 Å². The van der Waals surface area contributed by atoms with Gasteiger partial charge in [0.05, 0.1) is 11.6 Å². The molecule has 1 unspecified atom stereocenters. The average molecular weight is 322 g/mol. The molecule has 0 heterocycles. The van der Waals surface area contributed by atoms with E-state index in [0.717, 1.165) is 16.7 Å². The van der Waals surface area contributed by atoms with Gasteiger partial charge in [-0.2, -0.15) is 5.26 Å². The zero-order valence-electron chi connectivity index (χ0n) is 13.2. The van der Waals surface area contributed by atoms with E-state index < -0.39 is 5.41 Å². The van der Waals surface area contributed by atoms with Crippen LogP contribution in [0.4, 0.5) is 8.78 Å². The van der Waals surface area contributed by atoms with Crippen molar-refractivity contribution in [2.24, 2.45) is 5.73 Å². The second kappa shape index (κ2) is 5.93. The minimum absolute atomic E-state index is 0.308. The number of hydrogen-bond donors (Lipinski definition) is 1. The Labute approximate surface area is 139 Å². The number of benzene rings is 2. The molecule has 120 valence electrons. The molecule has 0 saturated carbocycles. The Kier molecular flexibility index (Phi) is 3.94. The van der Waals surface area contributed by atoms with Gasteiger partial charge in [0.25, 0.3) is 0 Å². The minimum Gasteiger partial charge on any atom is -0.398 e. The van der Waals surface area contributed by atoms with Crippen molar-refractivity contribution < 1.29 is 8.78 Å². The molecule has 2 nitrogen and oxygen atoms in total. The number of hydrogen-bond acceptors (Lipinski definition) is 2. The number of nitriles is 1. The van der Waals surface area contributed by atoms with Crippen LogP contribution in [-0.4, -0.2) is 0 Å². The molecular formula is C20H16F2N2. The summed E-state index contributed by atoms with van der Waals surface area (Å²) in [5.74, 6) is -0.638. The third kappa shape index (κ3) is 2.69. The van der Waals surface area contributed by atoms with Crippen LogP contribution in [-0.2, 0) is 5.41 Å². The fourth-order valence-electron chi connectivity index (χ4n) is 3.20. The quantitative estimate of drug-likeness (QED) is 0.888. The number of nitrogens with zero attached hydrogens (tertiary/aromatic N) is 1. The SMILES string of the molecule is CC1(c2ccc(F)cc2)CC(c2ccc(F)cc2)=CC(N)=C1C#N. The van der Waals surface area contributed by atoms with Gasteiger partial charge in [-0.15, -0.1) is 0 Å². The van der Waals surface area contributed by atoms with Crippen molar-refractivity contribution in [3.63, 3.8) is 0 Å². The molecule has 1 aliphatic carbocycles. The van der Waals surface area contributed by atoms with Crippen LogP contribution in [0, 0.1) is 23.0 Å². The maximum atomic E-state index is 13.3. The third-order valence-electron chi connectivity index (χ3n) is 4.52. The minimum atomic E-state index is -0.662. The predicted molar refractivity (Wildman–Crippen MR) is 89.6 cm³/mol. The molecule has 24 heavy (non-hydrogen) atoms. The number of allylic oxidation sites excluding steroid dienone is 3. The fraction of sp³-hybridized carbons (Fsp3) is 0.150. The van der Waals surface area contributed by atoms with Gasteiger partial charge in [-0.3, -0.25) is 0 Å². The molecule has 0 spiro atoms. The summed E-state index contributed by atoms with van der Waals surface area (Å²) < 4.78 is 26.4. The largest absolute Gasteiger partial charge is 0.398 e. The Morgan fingerprint density at radius 2 is 1.54 bits per heavy atom. The summed E-state index contributed by atoms with van der Waals surface area (Å²) >= 11 is 0. The van der Waals surface area contributed by atoms with Crippen LogP contribution in [0.25, 0.3) is 5.57 Å². The second-order valence-corrected chi connectivity index (χ2v) is 6.13. The first-order chi connectivity index (χ1) is 11.4. The van der Waals surface area contributed by atoms with Crippen molar-refractivity contribution in [2.45, 2.75) is 18.8 Å². The van der Waals surface area contributed by atoms with Gasteiger partial charge in [0.15, 0.2) is 0 Å². The van der Waals surface area contributed by atoms with E-state index >= 15 is 0 Å². The highest BCUT2D eigenvalue weighted by Gasteiger charge is 2.37.